The van der Waals surface area contributed by atoms with Gasteiger partial charge < -0.3 is 20.4 Å². The molecule has 0 spiro atoms. The molecule has 0 bridgehead atoms. The maximum absolute atomic E-state index is 12.5. The minimum absolute atomic E-state index is 0.0119. The number of hydrogen-bond acceptors (Lipinski definition) is 3. The third-order valence-electron chi connectivity index (χ3n) is 5.36. The number of thiophene rings is 1. The van der Waals surface area contributed by atoms with Crippen LogP contribution in [0.5, 0.6) is 0 Å². The molecule has 5 nitrogen and oxygen atoms in total. The zero-order valence-corrected chi connectivity index (χ0v) is 19.0. The first-order chi connectivity index (χ1) is 16.4. The number of H-pyrrole nitrogens is 1. The summed E-state index contributed by atoms with van der Waals surface area (Å²) < 4.78 is 41.2. The average molecular weight is 488 g/mol. The highest BCUT2D eigenvalue weighted by Crippen LogP contribution is 2.32. The van der Waals surface area contributed by atoms with E-state index in [9.17, 15) is 18.0 Å². The summed E-state index contributed by atoms with van der Waals surface area (Å²) in [7, 11) is 0. The molecular weight excluding hydrogens is 463 g/mol. The average Bonchev–Trinajstić information content (AvgIpc) is 3.49. The summed E-state index contributed by atoms with van der Waals surface area (Å²) in [5.41, 5.74) is 3.65. The van der Waals surface area contributed by atoms with E-state index in [2.05, 4.69) is 32.5 Å². The summed E-state index contributed by atoms with van der Waals surface area (Å²) in [6.45, 7) is -0.664. The van der Waals surface area contributed by atoms with Crippen LogP contribution >= 0.6 is 11.3 Å². The van der Waals surface area contributed by atoms with E-state index >= 15 is 0 Å². The van der Waals surface area contributed by atoms with Crippen molar-refractivity contribution in [1.29, 1.82) is 0 Å². The number of carbonyl (C=O) groups excluding carboxylic acids is 1. The molecule has 34 heavy (non-hydrogen) atoms. The number of amides is 2. The zero-order valence-electron chi connectivity index (χ0n) is 18.2. The summed E-state index contributed by atoms with van der Waals surface area (Å²) >= 11 is 1.65. The minimum Gasteiger partial charge on any atom is -0.367 e. The van der Waals surface area contributed by atoms with Gasteiger partial charge in [0.1, 0.15) is 6.61 Å². The number of para-hydroxylation sites is 1. The first-order valence-electron chi connectivity index (χ1n) is 10.7. The Morgan fingerprint density at radius 3 is 2.50 bits per heavy atom. The smallest absolute Gasteiger partial charge is 0.367 e. The monoisotopic (exact) mass is 487 g/mol. The minimum atomic E-state index is -4.34. The standard InChI is InChI=1S/C25H24F3N3O2S/c26-25(27,28)16-33-15-18-9-7-17(8-10-18)12-30-24(32)31-14-21(23-6-3-11-34-23)20-13-29-22-5-2-1-4-19(20)22/h1-11,13,21,29H,12,14-16H2,(H2,30,31,32). The van der Waals surface area contributed by atoms with E-state index in [1.807, 2.05) is 35.8 Å². The molecular formula is C25H24F3N3O2S. The fourth-order valence-electron chi connectivity index (χ4n) is 3.71. The second-order valence-corrected chi connectivity index (χ2v) is 8.82. The van der Waals surface area contributed by atoms with E-state index in [4.69, 9.17) is 0 Å². The summed E-state index contributed by atoms with van der Waals surface area (Å²) in [6, 6.07) is 18.7. The van der Waals surface area contributed by atoms with Crippen LogP contribution in [0.3, 0.4) is 0 Å². The Balaban J connectivity index is 1.31. The van der Waals surface area contributed by atoms with Crippen LogP contribution in [0.2, 0.25) is 0 Å². The molecule has 9 heteroatoms. The third-order valence-corrected chi connectivity index (χ3v) is 6.35. The van der Waals surface area contributed by atoms with Crippen LogP contribution in [-0.4, -0.2) is 30.3 Å². The number of fused-ring (bicyclic) bond motifs is 1. The number of alkyl halides is 3. The van der Waals surface area contributed by atoms with E-state index in [0.717, 1.165) is 26.9 Å². The summed E-state index contributed by atoms with van der Waals surface area (Å²) in [5.74, 6) is 0.0119. The van der Waals surface area contributed by atoms with Crippen molar-refractivity contribution in [1.82, 2.24) is 15.6 Å². The molecule has 1 atom stereocenters. The summed E-state index contributed by atoms with van der Waals surface area (Å²) in [4.78, 5) is 16.9. The highest BCUT2D eigenvalue weighted by Gasteiger charge is 2.27. The van der Waals surface area contributed by atoms with Gasteiger partial charge in [0.15, 0.2) is 0 Å². The van der Waals surface area contributed by atoms with Gasteiger partial charge in [0.05, 0.1) is 6.61 Å². The van der Waals surface area contributed by atoms with Crippen molar-refractivity contribution >= 4 is 28.3 Å². The zero-order chi connectivity index (χ0) is 24.0. The van der Waals surface area contributed by atoms with E-state index < -0.39 is 12.8 Å². The lowest BCUT2D eigenvalue weighted by Crippen LogP contribution is -2.37. The van der Waals surface area contributed by atoms with Gasteiger partial charge in [0.25, 0.3) is 0 Å². The Morgan fingerprint density at radius 2 is 1.76 bits per heavy atom. The van der Waals surface area contributed by atoms with Gasteiger partial charge in [-0.25, -0.2) is 4.79 Å². The number of aromatic amines is 1. The maximum Gasteiger partial charge on any atom is 0.411 e. The molecule has 178 valence electrons. The third kappa shape index (κ3) is 6.39. The fourth-order valence-corrected chi connectivity index (χ4v) is 4.56. The first-order valence-corrected chi connectivity index (χ1v) is 11.6. The van der Waals surface area contributed by atoms with Gasteiger partial charge >= 0.3 is 12.2 Å². The Labute approximate surface area is 199 Å². The number of aromatic nitrogens is 1. The Bertz CT molecular complexity index is 1200. The van der Waals surface area contributed by atoms with E-state index in [0.29, 0.717) is 18.7 Å². The molecule has 0 saturated carbocycles. The lowest BCUT2D eigenvalue weighted by Gasteiger charge is -2.17. The molecule has 0 radical (unpaired) electrons. The number of carbonyl (C=O) groups is 1. The maximum atomic E-state index is 12.5. The van der Waals surface area contributed by atoms with Crippen molar-refractivity contribution in [2.75, 3.05) is 13.2 Å². The van der Waals surface area contributed by atoms with Gasteiger partial charge in [0, 0.05) is 41.0 Å². The molecule has 2 amide bonds. The molecule has 2 heterocycles. The van der Waals surface area contributed by atoms with E-state index in [-0.39, 0.29) is 18.6 Å². The van der Waals surface area contributed by atoms with Gasteiger partial charge in [-0.05, 0) is 34.2 Å². The van der Waals surface area contributed by atoms with Crippen LogP contribution in [0.4, 0.5) is 18.0 Å². The first kappa shape index (κ1) is 23.8. The van der Waals surface area contributed by atoms with Crippen molar-refractivity contribution in [2.45, 2.75) is 25.2 Å². The normalized spacial score (nSPS) is 12.6. The van der Waals surface area contributed by atoms with Gasteiger partial charge in [-0.15, -0.1) is 11.3 Å². The van der Waals surface area contributed by atoms with E-state index in [1.54, 1.807) is 35.6 Å². The van der Waals surface area contributed by atoms with Crippen LogP contribution in [0, 0.1) is 0 Å². The summed E-state index contributed by atoms with van der Waals surface area (Å²) in [6.07, 6.45) is -2.34. The fraction of sp³-hybridized carbons (Fsp3) is 0.240. The molecule has 0 aliphatic heterocycles. The lowest BCUT2D eigenvalue weighted by atomic mass is 9.97. The van der Waals surface area contributed by atoms with Crippen molar-refractivity contribution < 1.29 is 22.7 Å². The number of nitrogens with one attached hydrogen (secondary N) is 3. The Kier molecular flexibility index (Phi) is 7.54. The molecule has 0 fully saturated rings. The molecule has 4 aromatic rings. The SMILES string of the molecule is O=C(NCc1ccc(COCC(F)(F)F)cc1)NCC(c1cccs1)c1c[nH]c2ccccc12. The number of ether oxygens (including phenoxy) is 1. The predicted octanol–water partition coefficient (Wildman–Crippen LogP) is 5.94. The van der Waals surface area contributed by atoms with Crippen molar-refractivity contribution in [2.24, 2.45) is 0 Å². The van der Waals surface area contributed by atoms with Gasteiger partial charge in [0.2, 0.25) is 0 Å². The second kappa shape index (κ2) is 10.8. The molecule has 2 aromatic carbocycles. The lowest BCUT2D eigenvalue weighted by molar-refractivity contribution is -0.176. The van der Waals surface area contributed by atoms with Gasteiger partial charge in [-0.3, -0.25) is 0 Å². The van der Waals surface area contributed by atoms with Crippen molar-refractivity contribution in [3.05, 3.63) is 93.8 Å². The van der Waals surface area contributed by atoms with Crippen LogP contribution in [0.1, 0.15) is 27.5 Å². The highest BCUT2D eigenvalue weighted by molar-refractivity contribution is 7.10. The molecule has 0 aliphatic rings. The van der Waals surface area contributed by atoms with Crippen LogP contribution in [0.25, 0.3) is 10.9 Å². The molecule has 0 aliphatic carbocycles. The van der Waals surface area contributed by atoms with Crippen molar-refractivity contribution in [3.63, 3.8) is 0 Å². The van der Waals surface area contributed by atoms with Crippen molar-refractivity contribution in [3.8, 4) is 0 Å². The molecule has 3 N–H and O–H groups in total. The van der Waals surface area contributed by atoms with Gasteiger partial charge in [-0.2, -0.15) is 13.2 Å². The summed E-state index contributed by atoms with van der Waals surface area (Å²) in [5, 5.41) is 8.94. The number of rotatable bonds is 9. The quantitative estimate of drug-likeness (QED) is 0.274. The number of hydrogen-bond donors (Lipinski definition) is 3. The van der Waals surface area contributed by atoms with Crippen LogP contribution in [0.15, 0.2) is 72.2 Å². The van der Waals surface area contributed by atoms with Crippen LogP contribution < -0.4 is 10.6 Å². The highest BCUT2D eigenvalue weighted by atomic mass is 32.1. The molecule has 1 unspecified atom stereocenters. The number of urea groups is 1. The topological polar surface area (TPSA) is 66.2 Å². The largest absolute Gasteiger partial charge is 0.411 e. The van der Waals surface area contributed by atoms with Gasteiger partial charge in [-0.1, -0.05) is 48.5 Å². The Morgan fingerprint density at radius 1 is 1.00 bits per heavy atom. The Hall–Kier alpha value is -3.30. The molecule has 2 aromatic heterocycles. The number of benzene rings is 2. The predicted molar refractivity (Wildman–Crippen MR) is 127 cm³/mol. The number of halogens is 3. The molecule has 0 saturated heterocycles. The van der Waals surface area contributed by atoms with E-state index in [1.165, 1.54) is 0 Å². The molecule has 4 rings (SSSR count). The second-order valence-electron chi connectivity index (χ2n) is 7.85. The van der Waals surface area contributed by atoms with Crippen LogP contribution in [-0.2, 0) is 17.9 Å².